The number of benzene rings is 1. The lowest BCUT2D eigenvalue weighted by molar-refractivity contribution is -0.123. The molecular weight excluding hydrogens is 290 g/mol. The molecule has 122 valence electrons. The molecule has 23 heavy (non-hydrogen) atoms. The lowest BCUT2D eigenvalue weighted by Crippen LogP contribution is -2.37. The molecule has 1 fully saturated rings. The fraction of sp³-hybridized carbons (Fsp3) is 0.421. The zero-order valence-corrected chi connectivity index (χ0v) is 13.8. The van der Waals surface area contributed by atoms with Crippen molar-refractivity contribution in [1.82, 2.24) is 4.90 Å². The first-order chi connectivity index (χ1) is 11.0. The van der Waals surface area contributed by atoms with Crippen LogP contribution in [0.5, 0.6) is 11.5 Å². The second kappa shape index (κ2) is 6.20. The Kier molecular flexibility index (Phi) is 4.26. The van der Waals surface area contributed by atoms with E-state index >= 15 is 0 Å². The molecule has 1 aromatic carbocycles. The number of carbonyl (C=O) groups is 1. The highest BCUT2D eigenvalue weighted by molar-refractivity contribution is 6.05. The van der Waals surface area contributed by atoms with Gasteiger partial charge in [0.25, 0.3) is 0 Å². The van der Waals surface area contributed by atoms with Gasteiger partial charge in [-0.1, -0.05) is 12.1 Å². The summed E-state index contributed by atoms with van der Waals surface area (Å²) >= 11 is 0. The number of allylic oxidation sites excluding steroid dienone is 2. The normalized spacial score (nSPS) is 24.7. The van der Waals surface area contributed by atoms with Crippen molar-refractivity contribution in [2.45, 2.75) is 19.3 Å². The molecule has 3 rings (SSSR count). The largest absolute Gasteiger partial charge is 0.454 e. The van der Waals surface area contributed by atoms with Crippen molar-refractivity contribution in [1.29, 1.82) is 0 Å². The van der Waals surface area contributed by atoms with E-state index in [9.17, 15) is 4.79 Å². The Bertz CT molecular complexity index is 663. The average Bonchev–Trinajstić information content (AvgIpc) is 3.07. The summed E-state index contributed by atoms with van der Waals surface area (Å²) in [4.78, 5) is 15.1. The predicted molar refractivity (Wildman–Crippen MR) is 90.6 cm³/mol. The van der Waals surface area contributed by atoms with E-state index in [1.165, 1.54) is 0 Å². The Morgan fingerprint density at radius 1 is 1.30 bits per heavy atom. The van der Waals surface area contributed by atoms with Crippen LogP contribution in [-0.4, -0.2) is 38.1 Å². The quantitative estimate of drug-likeness (QED) is 0.618. The van der Waals surface area contributed by atoms with E-state index < -0.39 is 0 Å². The van der Waals surface area contributed by atoms with E-state index in [4.69, 9.17) is 9.47 Å². The third kappa shape index (κ3) is 3.04. The number of nitrogens with zero attached hydrogens (tertiary/aromatic N) is 1. The standard InChI is InChI=1S/C19H23NO3/c1-4-8-19(12-20(2)3)9-7-15(18(19)21)10-14-5-6-16-17(11-14)23-13-22-16/h4-6,10-11H,1,7-9,12-13H2,2-3H3/b15-10+. The fourth-order valence-electron chi connectivity index (χ4n) is 3.58. The Balaban J connectivity index is 1.86. The zero-order chi connectivity index (χ0) is 16.4. The monoisotopic (exact) mass is 313 g/mol. The van der Waals surface area contributed by atoms with Gasteiger partial charge in [-0.2, -0.15) is 0 Å². The fourth-order valence-corrected chi connectivity index (χ4v) is 3.58. The van der Waals surface area contributed by atoms with Crippen LogP contribution in [0.3, 0.4) is 0 Å². The molecule has 0 spiro atoms. The number of ether oxygens (including phenoxy) is 2. The van der Waals surface area contributed by atoms with Crippen molar-refractivity contribution in [3.63, 3.8) is 0 Å². The van der Waals surface area contributed by atoms with Gasteiger partial charge in [0.15, 0.2) is 17.3 Å². The molecule has 0 bridgehead atoms. The second-order valence-electron chi connectivity index (χ2n) is 6.62. The molecule has 0 radical (unpaired) electrons. The first-order valence-corrected chi connectivity index (χ1v) is 7.95. The molecule has 1 atom stereocenters. The van der Waals surface area contributed by atoms with Crippen LogP contribution in [0, 0.1) is 5.41 Å². The van der Waals surface area contributed by atoms with Crippen LogP contribution >= 0.6 is 0 Å². The molecule has 1 aliphatic carbocycles. The average molecular weight is 313 g/mol. The van der Waals surface area contributed by atoms with Crippen LogP contribution < -0.4 is 9.47 Å². The van der Waals surface area contributed by atoms with Crippen molar-refractivity contribution in [3.8, 4) is 11.5 Å². The van der Waals surface area contributed by atoms with Crippen molar-refractivity contribution in [3.05, 3.63) is 42.0 Å². The summed E-state index contributed by atoms with van der Waals surface area (Å²) in [6.45, 7) is 4.86. The lowest BCUT2D eigenvalue weighted by Gasteiger charge is -2.29. The van der Waals surface area contributed by atoms with E-state index in [1.54, 1.807) is 0 Å². The molecule has 1 aromatic rings. The summed E-state index contributed by atoms with van der Waals surface area (Å²) in [5.41, 5.74) is 1.55. The van der Waals surface area contributed by atoms with Gasteiger partial charge in [-0.25, -0.2) is 0 Å². The molecule has 1 aliphatic heterocycles. The highest BCUT2D eigenvalue weighted by Crippen LogP contribution is 2.43. The molecular formula is C19H23NO3. The Labute approximate surface area is 137 Å². The number of carbonyl (C=O) groups excluding carboxylic acids is 1. The van der Waals surface area contributed by atoms with Crippen molar-refractivity contribution in [2.75, 3.05) is 27.4 Å². The van der Waals surface area contributed by atoms with Gasteiger partial charge in [0.1, 0.15) is 0 Å². The van der Waals surface area contributed by atoms with Gasteiger partial charge >= 0.3 is 0 Å². The summed E-state index contributed by atoms with van der Waals surface area (Å²) < 4.78 is 10.7. The SMILES string of the molecule is C=CCC1(CN(C)C)CC/C(=C\c2ccc3c(c2)OCO3)C1=O. The third-order valence-corrected chi connectivity index (χ3v) is 4.54. The van der Waals surface area contributed by atoms with Crippen molar-refractivity contribution >= 4 is 11.9 Å². The molecule has 0 amide bonds. The van der Waals surface area contributed by atoms with E-state index in [-0.39, 0.29) is 18.0 Å². The number of ketones is 1. The first-order valence-electron chi connectivity index (χ1n) is 7.95. The highest BCUT2D eigenvalue weighted by atomic mass is 16.7. The molecule has 2 aliphatic rings. The number of fused-ring (bicyclic) bond motifs is 1. The molecule has 1 heterocycles. The van der Waals surface area contributed by atoms with Crippen LogP contribution in [0.25, 0.3) is 6.08 Å². The Morgan fingerprint density at radius 3 is 2.83 bits per heavy atom. The topological polar surface area (TPSA) is 38.8 Å². The maximum absolute atomic E-state index is 13.0. The van der Waals surface area contributed by atoms with E-state index in [1.807, 2.05) is 44.4 Å². The maximum atomic E-state index is 13.0. The number of hydrogen-bond acceptors (Lipinski definition) is 4. The lowest BCUT2D eigenvalue weighted by atomic mass is 9.81. The van der Waals surface area contributed by atoms with E-state index in [0.717, 1.165) is 48.4 Å². The van der Waals surface area contributed by atoms with Crippen LogP contribution in [0.2, 0.25) is 0 Å². The minimum absolute atomic E-state index is 0.253. The van der Waals surface area contributed by atoms with Gasteiger partial charge in [-0.05, 0) is 62.7 Å². The molecule has 0 N–H and O–H groups in total. The summed E-state index contributed by atoms with van der Waals surface area (Å²) in [6.07, 6.45) is 6.28. The third-order valence-electron chi connectivity index (χ3n) is 4.54. The second-order valence-corrected chi connectivity index (χ2v) is 6.62. The minimum atomic E-state index is -0.326. The van der Waals surface area contributed by atoms with Gasteiger partial charge in [-0.3, -0.25) is 4.79 Å². The number of Topliss-reactive ketones (excluding diaryl/α,β-unsaturated/α-hetero) is 1. The molecule has 4 nitrogen and oxygen atoms in total. The summed E-state index contributed by atoms with van der Waals surface area (Å²) in [5, 5.41) is 0. The highest BCUT2D eigenvalue weighted by Gasteiger charge is 2.44. The number of hydrogen-bond donors (Lipinski definition) is 0. The molecule has 0 aromatic heterocycles. The molecule has 1 saturated carbocycles. The summed E-state index contributed by atoms with van der Waals surface area (Å²) in [6, 6.07) is 5.79. The van der Waals surface area contributed by atoms with Gasteiger partial charge in [-0.15, -0.1) is 6.58 Å². The molecule has 1 unspecified atom stereocenters. The van der Waals surface area contributed by atoms with Crippen molar-refractivity contribution in [2.24, 2.45) is 5.41 Å². The first kappa shape index (κ1) is 15.8. The zero-order valence-electron chi connectivity index (χ0n) is 13.8. The summed E-state index contributed by atoms with van der Waals surface area (Å²) in [7, 11) is 4.02. The number of rotatable bonds is 5. The van der Waals surface area contributed by atoms with Crippen LogP contribution in [0.4, 0.5) is 0 Å². The van der Waals surface area contributed by atoms with E-state index in [2.05, 4.69) is 11.5 Å². The van der Waals surface area contributed by atoms with Crippen LogP contribution in [-0.2, 0) is 4.79 Å². The minimum Gasteiger partial charge on any atom is -0.454 e. The van der Waals surface area contributed by atoms with Crippen LogP contribution in [0.1, 0.15) is 24.8 Å². The maximum Gasteiger partial charge on any atom is 0.231 e. The van der Waals surface area contributed by atoms with Gasteiger partial charge < -0.3 is 14.4 Å². The Morgan fingerprint density at radius 2 is 2.09 bits per heavy atom. The summed E-state index contributed by atoms with van der Waals surface area (Å²) in [5.74, 6) is 1.76. The van der Waals surface area contributed by atoms with Gasteiger partial charge in [0.2, 0.25) is 6.79 Å². The van der Waals surface area contributed by atoms with E-state index in [0.29, 0.717) is 0 Å². The van der Waals surface area contributed by atoms with Gasteiger partial charge in [0, 0.05) is 12.0 Å². The predicted octanol–water partition coefficient (Wildman–Crippen LogP) is 3.29. The van der Waals surface area contributed by atoms with Gasteiger partial charge in [0.05, 0.1) is 0 Å². The van der Waals surface area contributed by atoms with Crippen molar-refractivity contribution < 1.29 is 14.3 Å². The Hall–Kier alpha value is -2.07. The van der Waals surface area contributed by atoms with Crippen LogP contribution in [0.15, 0.2) is 36.4 Å². The molecule has 0 saturated heterocycles. The molecule has 4 heteroatoms. The smallest absolute Gasteiger partial charge is 0.231 e.